The van der Waals surface area contributed by atoms with Gasteiger partial charge in [0.15, 0.2) is 0 Å². The second kappa shape index (κ2) is 10.0. The molecule has 1 saturated heterocycles. The third kappa shape index (κ3) is 5.80. The van der Waals surface area contributed by atoms with Gasteiger partial charge < -0.3 is 15.5 Å². The first-order valence-corrected chi connectivity index (χ1v) is 11.9. The third-order valence-corrected chi connectivity index (χ3v) is 7.20. The van der Waals surface area contributed by atoms with E-state index in [4.69, 9.17) is 11.6 Å². The van der Waals surface area contributed by atoms with E-state index in [1.807, 2.05) is 18.2 Å². The van der Waals surface area contributed by atoms with Crippen LogP contribution in [-0.4, -0.2) is 59.6 Å². The van der Waals surface area contributed by atoms with Crippen LogP contribution in [0.3, 0.4) is 0 Å². The summed E-state index contributed by atoms with van der Waals surface area (Å²) in [6.07, 6.45) is 0.113. The number of halogens is 1. The number of likely N-dealkylation sites (N-methyl/N-ethyl adjacent to an activating group) is 1. The zero-order valence-corrected chi connectivity index (χ0v) is 19.1. The zero-order chi connectivity index (χ0) is 21.8. The first-order valence-electron chi connectivity index (χ1n) is 10.6. The molecule has 164 valence electrons. The number of benzene rings is 2. The molecule has 0 aromatic heterocycles. The van der Waals surface area contributed by atoms with E-state index in [1.54, 1.807) is 12.1 Å². The normalized spacial score (nSPS) is 19.5. The molecule has 2 aromatic rings. The summed E-state index contributed by atoms with van der Waals surface area (Å²) in [7, 11) is 0. The van der Waals surface area contributed by atoms with Crippen molar-refractivity contribution < 1.29 is 9.59 Å². The Hall–Kier alpha value is -2.06. The van der Waals surface area contributed by atoms with Crippen LogP contribution < -0.4 is 10.6 Å². The van der Waals surface area contributed by atoms with Crippen LogP contribution in [-0.2, 0) is 16.1 Å². The number of carbonyl (C=O) groups excluding carboxylic acids is 2. The van der Waals surface area contributed by atoms with Gasteiger partial charge in [0, 0.05) is 54.8 Å². The summed E-state index contributed by atoms with van der Waals surface area (Å²) in [6, 6.07) is 13.4. The molecule has 0 radical (unpaired) electrons. The van der Waals surface area contributed by atoms with Gasteiger partial charge in [-0.15, -0.1) is 11.8 Å². The molecule has 2 N–H and O–H groups in total. The lowest BCUT2D eigenvalue weighted by Crippen LogP contribution is -2.45. The third-order valence-electron chi connectivity index (χ3n) is 5.69. The van der Waals surface area contributed by atoms with Crippen molar-refractivity contribution in [2.75, 3.05) is 43.4 Å². The lowest BCUT2D eigenvalue weighted by Gasteiger charge is -2.34. The van der Waals surface area contributed by atoms with Gasteiger partial charge in [-0.3, -0.25) is 14.5 Å². The summed E-state index contributed by atoms with van der Waals surface area (Å²) >= 11 is 7.38. The van der Waals surface area contributed by atoms with Crippen LogP contribution in [0, 0.1) is 0 Å². The first-order chi connectivity index (χ1) is 15.0. The van der Waals surface area contributed by atoms with Crippen LogP contribution in [0.15, 0.2) is 47.4 Å². The van der Waals surface area contributed by atoms with E-state index in [9.17, 15) is 9.59 Å². The maximum atomic E-state index is 12.5. The summed E-state index contributed by atoms with van der Waals surface area (Å²) in [5.74, 6) is -0.345. The van der Waals surface area contributed by atoms with Crippen molar-refractivity contribution in [3.8, 4) is 0 Å². The summed E-state index contributed by atoms with van der Waals surface area (Å²) in [5, 5.41) is 5.86. The van der Waals surface area contributed by atoms with Crippen molar-refractivity contribution in [1.82, 2.24) is 9.80 Å². The average Bonchev–Trinajstić information content (AvgIpc) is 2.76. The highest BCUT2D eigenvalue weighted by atomic mass is 35.5. The van der Waals surface area contributed by atoms with Gasteiger partial charge in [-0.2, -0.15) is 0 Å². The second-order valence-corrected chi connectivity index (χ2v) is 9.58. The molecule has 0 aliphatic carbocycles. The molecule has 6 nitrogen and oxygen atoms in total. The Labute approximate surface area is 192 Å². The molecule has 1 fully saturated rings. The molecule has 0 bridgehead atoms. The predicted molar refractivity (Wildman–Crippen MR) is 127 cm³/mol. The fraction of sp³-hybridized carbons (Fsp3) is 0.391. The number of hydrogen-bond donors (Lipinski definition) is 2. The molecule has 31 heavy (non-hydrogen) atoms. The van der Waals surface area contributed by atoms with E-state index in [0.717, 1.165) is 49.9 Å². The SMILES string of the molecule is CCN1CCN(Cc2ccc(NC(=O)CC3Sc4ccc(Cl)cc4NC3=O)cc2)CC1. The highest BCUT2D eigenvalue weighted by Gasteiger charge is 2.29. The van der Waals surface area contributed by atoms with Crippen LogP contribution in [0.4, 0.5) is 11.4 Å². The van der Waals surface area contributed by atoms with Crippen LogP contribution in [0.1, 0.15) is 18.9 Å². The summed E-state index contributed by atoms with van der Waals surface area (Å²) in [4.78, 5) is 30.7. The average molecular weight is 459 g/mol. The largest absolute Gasteiger partial charge is 0.326 e. The van der Waals surface area contributed by atoms with Crippen molar-refractivity contribution in [1.29, 1.82) is 0 Å². The number of carbonyl (C=O) groups is 2. The van der Waals surface area contributed by atoms with Gasteiger partial charge >= 0.3 is 0 Å². The van der Waals surface area contributed by atoms with Gasteiger partial charge in [0.05, 0.1) is 10.9 Å². The number of anilines is 2. The molecule has 2 aromatic carbocycles. The van der Waals surface area contributed by atoms with Crippen LogP contribution in [0.25, 0.3) is 0 Å². The van der Waals surface area contributed by atoms with Gasteiger partial charge in [0.1, 0.15) is 0 Å². The Morgan fingerprint density at radius 2 is 1.84 bits per heavy atom. The predicted octanol–water partition coefficient (Wildman–Crippen LogP) is 3.92. The molecule has 0 saturated carbocycles. The molecule has 2 aliphatic rings. The van der Waals surface area contributed by atoms with E-state index >= 15 is 0 Å². The quantitative estimate of drug-likeness (QED) is 0.686. The van der Waals surface area contributed by atoms with Crippen molar-refractivity contribution >= 4 is 46.6 Å². The molecule has 2 amide bonds. The second-order valence-electron chi connectivity index (χ2n) is 7.90. The van der Waals surface area contributed by atoms with E-state index < -0.39 is 5.25 Å². The fourth-order valence-corrected chi connectivity index (χ4v) is 5.12. The van der Waals surface area contributed by atoms with E-state index in [1.165, 1.54) is 17.3 Å². The van der Waals surface area contributed by atoms with E-state index in [-0.39, 0.29) is 18.2 Å². The fourth-order valence-electron chi connectivity index (χ4n) is 3.85. The van der Waals surface area contributed by atoms with Crippen molar-refractivity contribution in [3.63, 3.8) is 0 Å². The van der Waals surface area contributed by atoms with Crippen molar-refractivity contribution in [3.05, 3.63) is 53.1 Å². The number of fused-ring (bicyclic) bond motifs is 1. The monoisotopic (exact) mass is 458 g/mol. The number of piperazine rings is 1. The summed E-state index contributed by atoms with van der Waals surface area (Å²) in [6.45, 7) is 8.66. The van der Waals surface area contributed by atoms with Crippen molar-refractivity contribution in [2.45, 2.75) is 30.0 Å². The van der Waals surface area contributed by atoms with Gasteiger partial charge in [0.2, 0.25) is 11.8 Å². The number of amides is 2. The summed E-state index contributed by atoms with van der Waals surface area (Å²) in [5.41, 5.74) is 2.68. The molecule has 4 rings (SSSR count). The smallest absolute Gasteiger partial charge is 0.238 e. The highest BCUT2D eigenvalue weighted by Crippen LogP contribution is 2.38. The maximum absolute atomic E-state index is 12.5. The zero-order valence-electron chi connectivity index (χ0n) is 17.6. The Kier molecular flexibility index (Phi) is 7.17. The Balaban J connectivity index is 1.28. The Bertz CT molecular complexity index is 945. The molecule has 2 aliphatic heterocycles. The number of rotatable bonds is 6. The standard InChI is InChI=1S/C23H27ClN4O2S/c1-2-27-9-11-28(12-10-27)15-16-3-6-18(7-4-16)25-22(29)14-21-23(30)26-19-13-17(24)5-8-20(19)31-21/h3-8,13,21H,2,9-12,14-15H2,1H3,(H,25,29)(H,26,30). The van der Waals surface area contributed by atoms with Crippen LogP contribution in [0.2, 0.25) is 5.02 Å². The number of nitrogens with zero attached hydrogens (tertiary/aromatic N) is 2. The van der Waals surface area contributed by atoms with Gasteiger partial charge in [-0.1, -0.05) is 30.7 Å². The van der Waals surface area contributed by atoms with Crippen LogP contribution in [0.5, 0.6) is 0 Å². The summed E-state index contributed by atoms with van der Waals surface area (Å²) < 4.78 is 0. The molecular weight excluding hydrogens is 432 g/mol. The maximum Gasteiger partial charge on any atom is 0.238 e. The van der Waals surface area contributed by atoms with Crippen LogP contribution >= 0.6 is 23.4 Å². The minimum Gasteiger partial charge on any atom is -0.326 e. The lowest BCUT2D eigenvalue weighted by molar-refractivity contribution is -0.120. The molecule has 8 heteroatoms. The molecule has 1 atom stereocenters. The molecule has 0 spiro atoms. The minimum absolute atomic E-state index is 0.113. The lowest BCUT2D eigenvalue weighted by atomic mass is 10.1. The minimum atomic E-state index is -0.463. The van der Waals surface area contributed by atoms with Gasteiger partial charge in [-0.25, -0.2) is 0 Å². The van der Waals surface area contributed by atoms with Gasteiger partial charge in [-0.05, 0) is 42.4 Å². The number of thioether (sulfide) groups is 1. The van der Waals surface area contributed by atoms with E-state index in [0.29, 0.717) is 10.7 Å². The Morgan fingerprint density at radius 1 is 1.13 bits per heavy atom. The molecule has 2 heterocycles. The first kappa shape index (κ1) is 22.1. The van der Waals surface area contributed by atoms with Gasteiger partial charge in [0.25, 0.3) is 0 Å². The highest BCUT2D eigenvalue weighted by molar-refractivity contribution is 8.01. The number of hydrogen-bond acceptors (Lipinski definition) is 5. The van der Waals surface area contributed by atoms with Crippen molar-refractivity contribution in [2.24, 2.45) is 0 Å². The Morgan fingerprint density at radius 3 is 2.55 bits per heavy atom. The van der Waals surface area contributed by atoms with E-state index in [2.05, 4.69) is 39.5 Å². The topological polar surface area (TPSA) is 64.7 Å². The molecule has 1 unspecified atom stereocenters. The molecular formula is C23H27ClN4O2S. The number of nitrogens with one attached hydrogen (secondary N) is 2.